The van der Waals surface area contributed by atoms with E-state index in [1.165, 1.54) is 0 Å². The smallest absolute Gasteiger partial charge is 0.225 e. The van der Waals surface area contributed by atoms with Crippen LogP contribution in [0.3, 0.4) is 0 Å². The van der Waals surface area contributed by atoms with E-state index < -0.39 is 10.8 Å². The number of amides is 1. The van der Waals surface area contributed by atoms with Gasteiger partial charge in [0.2, 0.25) is 5.91 Å². The van der Waals surface area contributed by atoms with Crippen molar-refractivity contribution in [3.8, 4) is 0 Å². The number of rotatable bonds is 6. The molecule has 18 heavy (non-hydrogen) atoms. The number of nitrogen functional groups attached to an aromatic ring is 1. The van der Waals surface area contributed by atoms with Crippen molar-refractivity contribution in [3.63, 3.8) is 0 Å². The lowest BCUT2D eigenvalue weighted by molar-refractivity contribution is -0.115. The van der Waals surface area contributed by atoms with E-state index in [0.29, 0.717) is 17.2 Å². The first-order valence-corrected chi connectivity index (χ1v) is 7.52. The van der Waals surface area contributed by atoms with Crippen LogP contribution in [0.4, 0.5) is 11.4 Å². The van der Waals surface area contributed by atoms with Crippen LogP contribution in [0, 0.1) is 6.92 Å². The van der Waals surface area contributed by atoms with Crippen molar-refractivity contribution in [2.75, 3.05) is 22.6 Å². The zero-order chi connectivity index (χ0) is 13.5. The second-order valence-electron chi connectivity index (χ2n) is 4.22. The number of hydrogen-bond acceptors (Lipinski definition) is 3. The van der Waals surface area contributed by atoms with Crippen LogP contribution < -0.4 is 11.1 Å². The summed E-state index contributed by atoms with van der Waals surface area (Å²) in [6.45, 7) is 3.89. The van der Waals surface area contributed by atoms with Crippen molar-refractivity contribution < 1.29 is 9.00 Å². The van der Waals surface area contributed by atoms with Crippen molar-refractivity contribution in [1.82, 2.24) is 0 Å². The predicted octanol–water partition coefficient (Wildman–Crippen LogP) is 2.06. The summed E-state index contributed by atoms with van der Waals surface area (Å²) >= 11 is 0. The molecule has 0 aliphatic heterocycles. The fourth-order valence-electron chi connectivity index (χ4n) is 1.52. The fourth-order valence-corrected chi connectivity index (χ4v) is 2.60. The van der Waals surface area contributed by atoms with Gasteiger partial charge in [0.1, 0.15) is 0 Å². The van der Waals surface area contributed by atoms with Crippen LogP contribution in [-0.2, 0) is 15.6 Å². The van der Waals surface area contributed by atoms with E-state index in [4.69, 9.17) is 5.73 Å². The summed E-state index contributed by atoms with van der Waals surface area (Å²) < 4.78 is 11.4. The van der Waals surface area contributed by atoms with Gasteiger partial charge in [0.15, 0.2) is 0 Å². The molecule has 0 fully saturated rings. The molecule has 0 radical (unpaired) electrons. The van der Waals surface area contributed by atoms with Gasteiger partial charge in [-0.25, -0.2) is 0 Å². The number of benzene rings is 1. The minimum atomic E-state index is -0.894. The molecule has 0 aromatic heterocycles. The molecule has 0 saturated carbocycles. The lowest BCUT2D eigenvalue weighted by Crippen LogP contribution is -2.16. The number of carbonyl (C=O) groups is 1. The monoisotopic (exact) mass is 268 g/mol. The maximum Gasteiger partial charge on any atom is 0.225 e. The van der Waals surface area contributed by atoms with E-state index in [0.717, 1.165) is 17.7 Å². The molecule has 100 valence electrons. The summed E-state index contributed by atoms with van der Waals surface area (Å²) in [7, 11) is -0.894. The minimum absolute atomic E-state index is 0.117. The van der Waals surface area contributed by atoms with Gasteiger partial charge in [0.25, 0.3) is 0 Å². The number of nitrogens with two attached hydrogens (primary N) is 1. The first-order valence-electron chi connectivity index (χ1n) is 6.04. The molecule has 1 rings (SSSR count). The van der Waals surface area contributed by atoms with Crippen LogP contribution in [0.5, 0.6) is 0 Å². The standard InChI is InChI=1S/C13H20N2O2S/c1-3-7-18(17)8-6-13(16)15-12-9-11(14)5-4-10(12)2/h4-5,9H,3,6-8,14H2,1-2H3,(H,15,16). The number of nitrogens with one attached hydrogen (secondary N) is 1. The van der Waals surface area contributed by atoms with Gasteiger partial charge in [-0.05, 0) is 31.0 Å². The molecule has 0 heterocycles. The van der Waals surface area contributed by atoms with Crippen LogP contribution in [0.15, 0.2) is 18.2 Å². The summed E-state index contributed by atoms with van der Waals surface area (Å²) in [5.74, 6) is 0.958. The highest BCUT2D eigenvalue weighted by atomic mass is 32.2. The fraction of sp³-hybridized carbons (Fsp3) is 0.462. The van der Waals surface area contributed by atoms with Gasteiger partial charge in [0.05, 0.1) is 0 Å². The van der Waals surface area contributed by atoms with Crippen molar-refractivity contribution in [1.29, 1.82) is 0 Å². The second-order valence-corrected chi connectivity index (χ2v) is 5.92. The molecule has 0 saturated heterocycles. The highest BCUT2D eigenvalue weighted by Gasteiger charge is 2.07. The summed E-state index contributed by atoms with van der Waals surface area (Å²) in [5.41, 5.74) is 7.97. The first kappa shape index (κ1) is 14.7. The molecule has 4 nitrogen and oxygen atoms in total. The van der Waals surface area contributed by atoms with Crippen molar-refractivity contribution in [2.45, 2.75) is 26.7 Å². The number of carbonyl (C=O) groups excluding carboxylic acids is 1. The molecule has 0 spiro atoms. The average molecular weight is 268 g/mol. The second kappa shape index (κ2) is 7.16. The molecule has 1 aromatic carbocycles. The predicted molar refractivity (Wildman–Crippen MR) is 77.0 cm³/mol. The number of hydrogen-bond donors (Lipinski definition) is 2. The molecule has 0 aliphatic rings. The zero-order valence-electron chi connectivity index (χ0n) is 10.9. The van der Waals surface area contributed by atoms with Crippen molar-refractivity contribution >= 4 is 28.1 Å². The Hall–Kier alpha value is -1.36. The van der Waals surface area contributed by atoms with Gasteiger partial charge >= 0.3 is 0 Å². The van der Waals surface area contributed by atoms with Crippen LogP contribution in [0.2, 0.25) is 0 Å². The Kier molecular flexibility index (Phi) is 5.85. The van der Waals surface area contributed by atoms with Gasteiger partial charge in [-0.15, -0.1) is 0 Å². The molecule has 0 aliphatic carbocycles. The maximum atomic E-state index is 11.7. The third-order valence-electron chi connectivity index (χ3n) is 2.52. The molecule has 1 atom stereocenters. The van der Waals surface area contributed by atoms with Crippen LogP contribution in [-0.4, -0.2) is 21.6 Å². The highest BCUT2D eigenvalue weighted by Crippen LogP contribution is 2.18. The van der Waals surface area contributed by atoms with E-state index in [1.807, 2.05) is 19.9 Å². The zero-order valence-corrected chi connectivity index (χ0v) is 11.7. The van der Waals surface area contributed by atoms with E-state index in [2.05, 4.69) is 5.32 Å². The third-order valence-corrected chi connectivity index (χ3v) is 4.05. The summed E-state index contributed by atoms with van der Waals surface area (Å²) in [5, 5.41) is 2.80. The van der Waals surface area contributed by atoms with Crippen molar-refractivity contribution in [3.05, 3.63) is 23.8 Å². The van der Waals surface area contributed by atoms with Gasteiger partial charge in [-0.3, -0.25) is 9.00 Å². The molecule has 1 aromatic rings. The normalized spacial score (nSPS) is 12.1. The van der Waals surface area contributed by atoms with Gasteiger partial charge in [-0.1, -0.05) is 13.0 Å². The quantitative estimate of drug-likeness (QED) is 0.776. The Balaban J connectivity index is 2.49. The lowest BCUT2D eigenvalue weighted by Gasteiger charge is -2.09. The Morgan fingerprint density at radius 2 is 2.11 bits per heavy atom. The lowest BCUT2D eigenvalue weighted by atomic mass is 10.2. The van der Waals surface area contributed by atoms with Gasteiger partial charge in [-0.2, -0.15) is 0 Å². The molecular formula is C13H20N2O2S. The molecule has 3 N–H and O–H groups in total. The van der Waals surface area contributed by atoms with E-state index >= 15 is 0 Å². The Morgan fingerprint density at radius 3 is 2.78 bits per heavy atom. The van der Waals surface area contributed by atoms with Crippen LogP contribution >= 0.6 is 0 Å². The summed E-state index contributed by atoms with van der Waals surface area (Å²) in [6.07, 6.45) is 1.16. The molecule has 1 unspecified atom stereocenters. The SMILES string of the molecule is CCCS(=O)CCC(=O)Nc1cc(N)ccc1C. The number of anilines is 2. The Labute approximate surface area is 110 Å². The Morgan fingerprint density at radius 1 is 1.39 bits per heavy atom. The Bertz CT molecular complexity index is 447. The first-order chi connectivity index (χ1) is 8.52. The van der Waals surface area contributed by atoms with Gasteiger partial charge in [0, 0.05) is 40.1 Å². The third kappa shape index (κ3) is 4.87. The van der Waals surface area contributed by atoms with Crippen LogP contribution in [0.25, 0.3) is 0 Å². The molecule has 0 bridgehead atoms. The largest absolute Gasteiger partial charge is 0.399 e. The average Bonchev–Trinajstić information content (AvgIpc) is 2.32. The van der Waals surface area contributed by atoms with E-state index in [9.17, 15) is 9.00 Å². The molecular weight excluding hydrogens is 248 g/mol. The van der Waals surface area contributed by atoms with Crippen molar-refractivity contribution in [2.24, 2.45) is 0 Å². The van der Waals surface area contributed by atoms with E-state index in [-0.39, 0.29) is 12.3 Å². The molecule has 1 amide bonds. The van der Waals surface area contributed by atoms with Gasteiger partial charge < -0.3 is 11.1 Å². The molecule has 5 heteroatoms. The maximum absolute atomic E-state index is 11.7. The van der Waals surface area contributed by atoms with Crippen LogP contribution in [0.1, 0.15) is 25.3 Å². The van der Waals surface area contributed by atoms with E-state index in [1.54, 1.807) is 12.1 Å². The highest BCUT2D eigenvalue weighted by molar-refractivity contribution is 7.84. The number of aryl methyl sites for hydroxylation is 1. The summed E-state index contributed by atoms with van der Waals surface area (Å²) in [4.78, 5) is 11.7. The summed E-state index contributed by atoms with van der Waals surface area (Å²) in [6, 6.07) is 5.39. The topological polar surface area (TPSA) is 72.2 Å². The minimum Gasteiger partial charge on any atom is -0.399 e.